The van der Waals surface area contributed by atoms with Crippen LogP contribution in [0.3, 0.4) is 0 Å². The molecule has 0 aromatic carbocycles. The van der Waals surface area contributed by atoms with Gasteiger partial charge in [-0.2, -0.15) is 4.98 Å². The van der Waals surface area contributed by atoms with Crippen LogP contribution in [0, 0.1) is 13.8 Å². The quantitative estimate of drug-likeness (QED) is 0.722. The number of aryl methyl sites for hydroxylation is 2. The van der Waals surface area contributed by atoms with E-state index >= 15 is 0 Å². The molecule has 0 radical (unpaired) electrons. The normalized spacial score (nSPS) is 10.4. The molecule has 5 nitrogen and oxygen atoms in total. The predicted octanol–water partition coefficient (Wildman–Crippen LogP) is 0.861. The molecule has 0 unspecified atom stereocenters. The van der Waals surface area contributed by atoms with E-state index in [1.807, 2.05) is 24.6 Å². The van der Waals surface area contributed by atoms with Crippen molar-refractivity contribution in [1.82, 2.24) is 19.5 Å². The lowest BCUT2D eigenvalue weighted by molar-refractivity contribution is 0.910. The highest BCUT2D eigenvalue weighted by Crippen LogP contribution is 2.12. The molecular weight excluding hydrogens is 178 g/mol. The number of nitrogens with zero attached hydrogens (tertiary/aromatic N) is 4. The molecule has 0 aliphatic carbocycles. The molecule has 0 saturated heterocycles. The first-order valence-corrected chi connectivity index (χ1v) is 4.28. The Morgan fingerprint density at radius 2 is 2.07 bits per heavy atom. The van der Waals surface area contributed by atoms with E-state index in [4.69, 9.17) is 5.73 Å². The van der Waals surface area contributed by atoms with Crippen molar-refractivity contribution in [3.05, 3.63) is 30.0 Å². The number of aromatic nitrogens is 4. The van der Waals surface area contributed by atoms with Crippen LogP contribution in [-0.4, -0.2) is 19.5 Å². The first kappa shape index (κ1) is 8.68. The minimum absolute atomic E-state index is 0.277. The maximum atomic E-state index is 5.53. The van der Waals surface area contributed by atoms with Crippen molar-refractivity contribution in [2.24, 2.45) is 0 Å². The van der Waals surface area contributed by atoms with Gasteiger partial charge in [-0.15, -0.1) is 0 Å². The Morgan fingerprint density at radius 1 is 1.29 bits per heavy atom. The second-order valence-electron chi connectivity index (χ2n) is 3.08. The summed E-state index contributed by atoms with van der Waals surface area (Å²) in [5.74, 6) is 1.94. The molecular formula is C9H11N5. The van der Waals surface area contributed by atoms with E-state index in [9.17, 15) is 0 Å². The summed E-state index contributed by atoms with van der Waals surface area (Å²) >= 11 is 0. The van der Waals surface area contributed by atoms with Gasteiger partial charge < -0.3 is 5.73 Å². The standard InChI is InChI=1S/C9H11N5/c1-6-5-12-9(10)13-8(6)14-4-3-11-7(14)2/h3-5H,1-2H3,(H2,10,12,13). The maximum Gasteiger partial charge on any atom is 0.221 e. The van der Waals surface area contributed by atoms with Crippen molar-refractivity contribution in [1.29, 1.82) is 0 Å². The van der Waals surface area contributed by atoms with Gasteiger partial charge >= 0.3 is 0 Å². The molecule has 2 N–H and O–H groups in total. The molecule has 2 aromatic rings. The van der Waals surface area contributed by atoms with Crippen LogP contribution >= 0.6 is 0 Å². The zero-order chi connectivity index (χ0) is 10.1. The van der Waals surface area contributed by atoms with Gasteiger partial charge in [-0.05, 0) is 13.8 Å². The minimum Gasteiger partial charge on any atom is -0.368 e. The SMILES string of the molecule is Cc1cnc(N)nc1-n1ccnc1C. The first-order valence-electron chi connectivity index (χ1n) is 4.28. The van der Waals surface area contributed by atoms with Crippen molar-refractivity contribution in [2.45, 2.75) is 13.8 Å². The van der Waals surface area contributed by atoms with E-state index < -0.39 is 0 Å². The second kappa shape index (κ2) is 3.10. The van der Waals surface area contributed by atoms with Crippen LogP contribution in [0.1, 0.15) is 11.4 Å². The molecule has 0 saturated carbocycles. The smallest absolute Gasteiger partial charge is 0.221 e. The Balaban J connectivity index is 2.62. The van der Waals surface area contributed by atoms with Gasteiger partial charge in [0.25, 0.3) is 0 Å². The van der Waals surface area contributed by atoms with Crippen LogP contribution in [-0.2, 0) is 0 Å². The van der Waals surface area contributed by atoms with Crippen LogP contribution in [0.4, 0.5) is 5.95 Å². The molecule has 0 fully saturated rings. The summed E-state index contributed by atoms with van der Waals surface area (Å²) in [6.07, 6.45) is 5.29. The van der Waals surface area contributed by atoms with Gasteiger partial charge in [0.05, 0.1) is 0 Å². The largest absolute Gasteiger partial charge is 0.368 e. The fraction of sp³-hybridized carbons (Fsp3) is 0.222. The van der Waals surface area contributed by atoms with Gasteiger partial charge in [-0.1, -0.05) is 0 Å². The number of hydrogen-bond donors (Lipinski definition) is 1. The fourth-order valence-corrected chi connectivity index (χ4v) is 1.29. The number of imidazole rings is 1. The van der Waals surface area contributed by atoms with Crippen molar-refractivity contribution in [3.63, 3.8) is 0 Å². The Hall–Kier alpha value is -1.91. The lowest BCUT2D eigenvalue weighted by Crippen LogP contribution is -2.05. The summed E-state index contributed by atoms with van der Waals surface area (Å²) in [7, 11) is 0. The molecule has 14 heavy (non-hydrogen) atoms. The second-order valence-corrected chi connectivity index (χ2v) is 3.08. The highest BCUT2D eigenvalue weighted by atomic mass is 15.2. The first-order chi connectivity index (χ1) is 6.68. The zero-order valence-corrected chi connectivity index (χ0v) is 8.10. The zero-order valence-electron chi connectivity index (χ0n) is 8.10. The van der Waals surface area contributed by atoms with Crippen LogP contribution in [0.25, 0.3) is 5.82 Å². The third-order valence-electron chi connectivity index (χ3n) is 2.02. The maximum absolute atomic E-state index is 5.53. The molecule has 0 atom stereocenters. The molecule has 0 bridgehead atoms. The van der Waals surface area contributed by atoms with Gasteiger partial charge in [-0.3, -0.25) is 4.57 Å². The summed E-state index contributed by atoms with van der Waals surface area (Å²) in [6, 6.07) is 0. The highest BCUT2D eigenvalue weighted by molar-refractivity contribution is 5.36. The van der Waals surface area contributed by atoms with Crippen molar-refractivity contribution < 1.29 is 0 Å². The average Bonchev–Trinajstić information content (AvgIpc) is 2.56. The third kappa shape index (κ3) is 1.32. The lowest BCUT2D eigenvalue weighted by atomic mass is 10.3. The van der Waals surface area contributed by atoms with Crippen molar-refractivity contribution in [2.75, 3.05) is 5.73 Å². The van der Waals surface area contributed by atoms with Crippen molar-refractivity contribution >= 4 is 5.95 Å². The van der Waals surface area contributed by atoms with Crippen LogP contribution in [0.15, 0.2) is 18.6 Å². The number of anilines is 1. The van der Waals surface area contributed by atoms with Gasteiger partial charge in [0.15, 0.2) is 0 Å². The van der Waals surface area contributed by atoms with Crippen LogP contribution < -0.4 is 5.73 Å². The molecule has 2 rings (SSSR count). The van der Waals surface area contributed by atoms with Crippen LogP contribution in [0.5, 0.6) is 0 Å². The molecule has 0 aliphatic heterocycles. The van der Waals surface area contributed by atoms with Gasteiger partial charge in [0, 0.05) is 24.2 Å². The van der Waals surface area contributed by atoms with E-state index in [-0.39, 0.29) is 5.95 Å². The predicted molar refractivity (Wildman–Crippen MR) is 53.0 cm³/mol. The molecule has 72 valence electrons. The molecule has 5 heteroatoms. The summed E-state index contributed by atoms with van der Waals surface area (Å²) in [5.41, 5.74) is 6.50. The lowest BCUT2D eigenvalue weighted by Gasteiger charge is -2.07. The molecule has 2 aromatic heterocycles. The summed E-state index contributed by atoms with van der Waals surface area (Å²) in [6.45, 7) is 3.85. The average molecular weight is 189 g/mol. The Kier molecular flexibility index (Phi) is 1.92. The highest BCUT2D eigenvalue weighted by Gasteiger charge is 2.06. The monoisotopic (exact) mass is 189 g/mol. The van der Waals surface area contributed by atoms with Gasteiger partial charge in [0.1, 0.15) is 11.6 Å². The minimum atomic E-state index is 0.277. The molecule has 0 amide bonds. The summed E-state index contributed by atoms with van der Waals surface area (Å²) in [4.78, 5) is 12.2. The third-order valence-corrected chi connectivity index (χ3v) is 2.02. The summed E-state index contributed by atoms with van der Waals surface area (Å²) in [5, 5.41) is 0. The number of nitrogen functional groups attached to an aromatic ring is 1. The summed E-state index contributed by atoms with van der Waals surface area (Å²) < 4.78 is 1.88. The molecule has 0 spiro atoms. The van der Waals surface area contributed by atoms with Gasteiger partial charge in [-0.25, -0.2) is 9.97 Å². The van der Waals surface area contributed by atoms with Crippen molar-refractivity contribution in [3.8, 4) is 5.82 Å². The van der Waals surface area contributed by atoms with E-state index in [1.165, 1.54) is 0 Å². The van der Waals surface area contributed by atoms with E-state index in [0.717, 1.165) is 17.2 Å². The Labute approximate surface area is 81.6 Å². The van der Waals surface area contributed by atoms with E-state index in [2.05, 4.69) is 15.0 Å². The molecule has 2 heterocycles. The molecule has 0 aliphatic rings. The van der Waals surface area contributed by atoms with E-state index in [0.29, 0.717) is 0 Å². The Bertz CT molecular complexity index is 460. The number of hydrogen-bond acceptors (Lipinski definition) is 4. The number of rotatable bonds is 1. The number of nitrogens with two attached hydrogens (primary N) is 1. The van der Waals surface area contributed by atoms with E-state index in [1.54, 1.807) is 12.4 Å². The van der Waals surface area contributed by atoms with Crippen LogP contribution in [0.2, 0.25) is 0 Å². The topological polar surface area (TPSA) is 69.6 Å². The van der Waals surface area contributed by atoms with Gasteiger partial charge in [0.2, 0.25) is 5.95 Å². The fourth-order valence-electron chi connectivity index (χ4n) is 1.29. The Morgan fingerprint density at radius 3 is 2.71 bits per heavy atom.